The molecule has 0 saturated carbocycles. The van der Waals surface area contributed by atoms with Crippen LogP contribution in [0.2, 0.25) is 0 Å². The number of fused-ring (bicyclic) bond motifs is 1. The normalized spacial score (nSPS) is 15.3. The zero-order chi connectivity index (χ0) is 19.3. The van der Waals surface area contributed by atoms with E-state index in [4.69, 9.17) is 9.72 Å². The summed E-state index contributed by atoms with van der Waals surface area (Å²) in [6, 6.07) is 15.0. The van der Waals surface area contributed by atoms with Crippen molar-refractivity contribution in [3.63, 3.8) is 0 Å². The van der Waals surface area contributed by atoms with Gasteiger partial charge in [0.2, 0.25) is 0 Å². The fourth-order valence-electron chi connectivity index (χ4n) is 3.52. The summed E-state index contributed by atoms with van der Waals surface area (Å²) in [5, 5.41) is 5.08. The molecule has 1 aromatic heterocycles. The predicted molar refractivity (Wildman–Crippen MR) is 111 cm³/mol. The van der Waals surface area contributed by atoms with Crippen LogP contribution < -0.4 is 10.3 Å². The first-order valence-electron chi connectivity index (χ1n) is 9.66. The maximum atomic E-state index is 13.1. The lowest BCUT2D eigenvalue weighted by Gasteiger charge is -2.26. The summed E-state index contributed by atoms with van der Waals surface area (Å²) in [5.74, 6) is 1.46. The van der Waals surface area contributed by atoms with Gasteiger partial charge in [-0.05, 0) is 67.9 Å². The molecule has 2 aromatic carbocycles. The first-order chi connectivity index (χ1) is 13.7. The lowest BCUT2D eigenvalue weighted by Crippen LogP contribution is -2.33. The highest BCUT2D eigenvalue weighted by molar-refractivity contribution is 5.80. The van der Waals surface area contributed by atoms with Gasteiger partial charge in [-0.1, -0.05) is 18.6 Å². The molecular weight excluding hydrogens is 352 g/mol. The molecule has 1 aliphatic heterocycles. The molecule has 4 rings (SSSR count). The number of likely N-dealkylation sites (tertiary alicyclic amines) is 1. The van der Waals surface area contributed by atoms with Gasteiger partial charge in [0.1, 0.15) is 11.6 Å². The van der Waals surface area contributed by atoms with Crippen molar-refractivity contribution < 1.29 is 4.74 Å². The van der Waals surface area contributed by atoms with Gasteiger partial charge in [-0.2, -0.15) is 9.78 Å². The highest BCUT2D eigenvalue weighted by Gasteiger charge is 2.16. The number of ether oxygens (including phenoxy) is 1. The highest BCUT2D eigenvalue weighted by atomic mass is 16.5. The smallest absolute Gasteiger partial charge is 0.282 e. The zero-order valence-corrected chi connectivity index (χ0v) is 16.0. The molecule has 28 heavy (non-hydrogen) atoms. The van der Waals surface area contributed by atoms with Crippen molar-refractivity contribution in [1.82, 2.24) is 14.6 Å². The van der Waals surface area contributed by atoms with Gasteiger partial charge in [0.05, 0.1) is 30.8 Å². The second kappa shape index (κ2) is 8.35. The summed E-state index contributed by atoms with van der Waals surface area (Å²) < 4.78 is 6.63. The lowest BCUT2D eigenvalue weighted by atomic mass is 10.1. The van der Waals surface area contributed by atoms with Crippen molar-refractivity contribution in [2.45, 2.75) is 25.8 Å². The first-order valence-corrected chi connectivity index (χ1v) is 9.66. The van der Waals surface area contributed by atoms with Crippen LogP contribution >= 0.6 is 0 Å². The standard InChI is InChI=1S/C22H24N4O2/c1-28-18-11-9-17(10-12-18)15-23-26-21(16-25-13-5-2-6-14-25)24-20-8-4-3-7-19(20)22(26)27/h3-4,7-12,15H,2,5-6,13-14,16H2,1H3. The number of aromatic nitrogens is 2. The van der Waals surface area contributed by atoms with E-state index < -0.39 is 0 Å². The molecule has 3 aromatic rings. The Kier molecular flexibility index (Phi) is 5.48. The molecule has 144 valence electrons. The largest absolute Gasteiger partial charge is 0.497 e. The van der Waals surface area contributed by atoms with Crippen molar-refractivity contribution in [2.24, 2.45) is 5.10 Å². The minimum Gasteiger partial charge on any atom is -0.497 e. The van der Waals surface area contributed by atoms with E-state index in [0.717, 1.165) is 29.9 Å². The van der Waals surface area contributed by atoms with Gasteiger partial charge in [-0.15, -0.1) is 0 Å². The Morgan fingerprint density at radius 1 is 1.07 bits per heavy atom. The van der Waals surface area contributed by atoms with E-state index in [2.05, 4.69) is 10.0 Å². The van der Waals surface area contributed by atoms with Crippen LogP contribution in [0.15, 0.2) is 58.4 Å². The Balaban J connectivity index is 1.72. The Bertz CT molecular complexity index is 1030. The number of para-hydroxylation sites is 1. The lowest BCUT2D eigenvalue weighted by molar-refractivity contribution is 0.213. The van der Waals surface area contributed by atoms with E-state index in [1.807, 2.05) is 42.5 Å². The number of hydrogen-bond acceptors (Lipinski definition) is 5. The Hall–Kier alpha value is -2.99. The van der Waals surface area contributed by atoms with Crippen LogP contribution in [-0.4, -0.2) is 41.0 Å². The summed E-state index contributed by atoms with van der Waals surface area (Å²) in [5.41, 5.74) is 1.47. The third-order valence-corrected chi connectivity index (χ3v) is 5.07. The SMILES string of the molecule is COc1ccc(C=Nn2c(CN3CCCCC3)nc3ccccc3c2=O)cc1. The third-order valence-electron chi connectivity index (χ3n) is 5.07. The second-order valence-electron chi connectivity index (χ2n) is 7.02. The van der Waals surface area contributed by atoms with Gasteiger partial charge >= 0.3 is 0 Å². The summed E-state index contributed by atoms with van der Waals surface area (Å²) in [7, 11) is 1.64. The molecule has 1 saturated heterocycles. The molecule has 0 spiro atoms. The number of piperidine rings is 1. The summed E-state index contributed by atoms with van der Waals surface area (Å²) in [4.78, 5) is 20.2. The number of methoxy groups -OCH3 is 1. The molecule has 0 radical (unpaired) electrons. The molecule has 1 fully saturated rings. The minimum atomic E-state index is -0.137. The van der Waals surface area contributed by atoms with Gasteiger partial charge in [0.25, 0.3) is 5.56 Å². The van der Waals surface area contributed by atoms with E-state index in [1.54, 1.807) is 19.4 Å². The fraction of sp³-hybridized carbons (Fsp3) is 0.318. The van der Waals surface area contributed by atoms with Gasteiger partial charge in [0, 0.05) is 0 Å². The maximum Gasteiger partial charge on any atom is 0.282 e. The molecule has 6 nitrogen and oxygen atoms in total. The van der Waals surface area contributed by atoms with Crippen LogP contribution in [0.25, 0.3) is 10.9 Å². The molecule has 0 unspecified atom stereocenters. The second-order valence-corrected chi connectivity index (χ2v) is 7.02. The van der Waals surface area contributed by atoms with E-state index in [1.165, 1.54) is 23.9 Å². The monoisotopic (exact) mass is 376 g/mol. The Morgan fingerprint density at radius 2 is 1.82 bits per heavy atom. The van der Waals surface area contributed by atoms with Gasteiger partial charge in [-0.3, -0.25) is 9.69 Å². The van der Waals surface area contributed by atoms with Gasteiger partial charge < -0.3 is 4.74 Å². The van der Waals surface area contributed by atoms with Crippen LogP contribution in [-0.2, 0) is 6.54 Å². The van der Waals surface area contributed by atoms with Crippen molar-refractivity contribution >= 4 is 17.1 Å². The molecule has 6 heteroatoms. The van der Waals surface area contributed by atoms with Gasteiger partial charge in [0.15, 0.2) is 0 Å². The Labute approximate surface area is 164 Å². The van der Waals surface area contributed by atoms with Crippen LogP contribution in [0.3, 0.4) is 0 Å². The predicted octanol–water partition coefficient (Wildman–Crippen LogP) is 3.27. The van der Waals surface area contributed by atoms with Crippen molar-refractivity contribution in [3.8, 4) is 5.75 Å². The number of rotatable bonds is 5. The molecule has 0 atom stereocenters. The van der Waals surface area contributed by atoms with E-state index >= 15 is 0 Å². The molecule has 0 aliphatic carbocycles. The fourth-order valence-corrected chi connectivity index (χ4v) is 3.52. The molecule has 0 amide bonds. The molecule has 2 heterocycles. The summed E-state index contributed by atoms with van der Waals surface area (Å²) in [6.07, 6.45) is 5.33. The third kappa shape index (κ3) is 3.97. The number of nitrogens with zero attached hydrogens (tertiary/aromatic N) is 4. The van der Waals surface area contributed by atoms with Gasteiger partial charge in [-0.25, -0.2) is 4.98 Å². The average Bonchev–Trinajstić information content (AvgIpc) is 2.75. The molecule has 0 bridgehead atoms. The van der Waals surface area contributed by atoms with Crippen molar-refractivity contribution in [2.75, 3.05) is 20.2 Å². The van der Waals surface area contributed by atoms with Crippen LogP contribution in [0.5, 0.6) is 5.75 Å². The maximum absolute atomic E-state index is 13.1. The topological polar surface area (TPSA) is 59.7 Å². The zero-order valence-electron chi connectivity index (χ0n) is 16.0. The summed E-state index contributed by atoms with van der Waals surface area (Å²) >= 11 is 0. The van der Waals surface area contributed by atoms with Crippen molar-refractivity contribution in [1.29, 1.82) is 0 Å². The van der Waals surface area contributed by atoms with Crippen LogP contribution in [0, 0.1) is 0 Å². The van der Waals surface area contributed by atoms with Crippen molar-refractivity contribution in [3.05, 3.63) is 70.3 Å². The first kappa shape index (κ1) is 18.4. The highest BCUT2D eigenvalue weighted by Crippen LogP contribution is 2.14. The van der Waals surface area contributed by atoms with E-state index in [0.29, 0.717) is 17.8 Å². The van der Waals surface area contributed by atoms with E-state index in [9.17, 15) is 4.79 Å². The average molecular weight is 376 g/mol. The van der Waals surface area contributed by atoms with Crippen LogP contribution in [0.1, 0.15) is 30.7 Å². The molecule has 1 aliphatic rings. The van der Waals surface area contributed by atoms with E-state index in [-0.39, 0.29) is 5.56 Å². The quantitative estimate of drug-likeness (QED) is 0.641. The molecular formula is C22H24N4O2. The van der Waals surface area contributed by atoms with Crippen LogP contribution in [0.4, 0.5) is 0 Å². The number of benzene rings is 2. The Morgan fingerprint density at radius 3 is 2.57 bits per heavy atom. The number of hydrogen-bond donors (Lipinski definition) is 0. The molecule has 0 N–H and O–H groups in total. The summed E-state index contributed by atoms with van der Waals surface area (Å²) in [6.45, 7) is 2.69. The minimum absolute atomic E-state index is 0.137.